The van der Waals surface area contributed by atoms with Crippen molar-refractivity contribution in [2.45, 2.75) is 6.42 Å². The van der Waals surface area contributed by atoms with E-state index in [4.69, 9.17) is 11.6 Å². The number of rotatable bonds is 2. The molecule has 1 aromatic carbocycles. The monoisotopic (exact) mass is 209 g/mol. The Morgan fingerprint density at radius 2 is 2.29 bits per heavy atom. The molecule has 0 radical (unpaired) electrons. The number of halogens is 1. The maximum absolute atomic E-state index is 9.29. The molecule has 74 valence electrons. The minimum absolute atomic E-state index is 0.0760. The Labute approximate surface area is 88.9 Å². The molecule has 0 fully saturated rings. The van der Waals surface area contributed by atoms with Gasteiger partial charge in [-0.05, 0) is 19.2 Å². The molecule has 0 spiro atoms. The van der Waals surface area contributed by atoms with Crippen LogP contribution in [0.4, 0.5) is 0 Å². The Kier molecular flexibility index (Phi) is 4.31. The molecule has 0 unspecified atom stereocenters. The molecule has 0 heterocycles. The summed E-state index contributed by atoms with van der Waals surface area (Å²) in [5.74, 6) is 5.95. The highest BCUT2D eigenvalue weighted by atomic mass is 35.5. The van der Waals surface area contributed by atoms with E-state index in [2.05, 4.69) is 17.2 Å². The van der Waals surface area contributed by atoms with E-state index in [1.54, 1.807) is 18.2 Å². The molecule has 0 aliphatic heterocycles. The van der Waals surface area contributed by atoms with E-state index in [0.717, 1.165) is 13.0 Å². The molecule has 0 aliphatic rings. The quantitative estimate of drug-likeness (QED) is 0.577. The van der Waals surface area contributed by atoms with E-state index in [9.17, 15) is 5.11 Å². The average molecular weight is 210 g/mol. The average Bonchev–Trinajstić information content (AvgIpc) is 2.19. The van der Waals surface area contributed by atoms with Gasteiger partial charge in [0.2, 0.25) is 0 Å². The zero-order chi connectivity index (χ0) is 10.4. The first-order valence-electron chi connectivity index (χ1n) is 4.36. The van der Waals surface area contributed by atoms with Crippen molar-refractivity contribution in [2.24, 2.45) is 0 Å². The zero-order valence-corrected chi connectivity index (χ0v) is 8.73. The normalized spacial score (nSPS) is 9.29. The summed E-state index contributed by atoms with van der Waals surface area (Å²) in [6.45, 7) is 0.851. The molecular formula is C11H12ClNO. The smallest absolute Gasteiger partial charge is 0.135 e. The predicted octanol–water partition coefficient (Wildman–Crippen LogP) is 2.01. The fourth-order valence-electron chi connectivity index (χ4n) is 0.962. The van der Waals surface area contributed by atoms with Crippen molar-refractivity contribution in [3.05, 3.63) is 28.8 Å². The Morgan fingerprint density at radius 3 is 3.00 bits per heavy atom. The summed E-state index contributed by atoms with van der Waals surface area (Å²) < 4.78 is 0. The molecule has 1 rings (SSSR count). The minimum atomic E-state index is 0.0760. The predicted molar refractivity (Wildman–Crippen MR) is 58.5 cm³/mol. The molecule has 14 heavy (non-hydrogen) atoms. The number of hydrogen-bond donors (Lipinski definition) is 2. The van der Waals surface area contributed by atoms with E-state index in [1.165, 1.54) is 0 Å². The van der Waals surface area contributed by atoms with Gasteiger partial charge in [-0.2, -0.15) is 0 Å². The summed E-state index contributed by atoms with van der Waals surface area (Å²) in [5.41, 5.74) is 0.669. The van der Waals surface area contributed by atoms with Gasteiger partial charge in [0.25, 0.3) is 0 Å². The largest absolute Gasteiger partial charge is 0.506 e. The molecular weight excluding hydrogens is 198 g/mol. The van der Waals surface area contributed by atoms with Gasteiger partial charge in [-0.3, -0.25) is 0 Å². The maximum atomic E-state index is 9.29. The van der Waals surface area contributed by atoms with E-state index >= 15 is 0 Å². The molecule has 0 saturated carbocycles. The first-order chi connectivity index (χ1) is 6.75. The van der Waals surface area contributed by atoms with Crippen LogP contribution in [0.1, 0.15) is 12.0 Å². The molecule has 0 aromatic heterocycles. The Morgan fingerprint density at radius 1 is 1.50 bits per heavy atom. The lowest BCUT2D eigenvalue weighted by molar-refractivity contribution is 0.475. The highest BCUT2D eigenvalue weighted by Gasteiger charge is 2.00. The van der Waals surface area contributed by atoms with Crippen molar-refractivity contribution in [1.82, 2.24) is 5.32 Å². The van der Waals surface area contributed by atoms with Crippen LogP contribution < -0.4 is 5.32 Å². The summed E-state index contributed by atoms with van der Waals surface area (Å²) in [4.78, 5) is 0. The number of hydrogen-bond acceptors (Lipinski definition) is 2. The van der Waals surface area contributed by atoms with Crippen LogP contribution in [0.3, 0.4) is 0 Å². The van der Waals surface area contributed by atoms with Crippen LogP contribution >= 0.6 is 11.6 Å². The van der Waals surface area contributed by atoms with E-state index < -0.39 is 0 Å². The van der Waals surface area contributed by atoms with Crippen molar-refractivity contribution >= 4 is 11.6 Å². The number of phenolic OH excluding ortho intramolecular Hbond substituents is 1. The molecule has 0 aliphatic carbocycles. The topological polar surface area (TPSA) is 32.3 Å². The van der Waals surface area contributed by atoms with Gasteiger partial charge in [-0.15, -0.1) is 0 Å². The summed E-state index contributed by atoms with van der Waals surface area (Å²) >= 11 is 5.84. The van der Waals surface area contributed by atoms with Crippen molar-refractivity contribution in [1.29, 1.82) is 0 Å². The lowest BCUT2D eigenvalue weighted by Gasteiger charge is -1.97. The summed E-state index contributed by atoms with van der Waals surface area (Å²) in [5, 5.41) is 12.6. The van der Waals surface area contributed by atoms with Crippen LogP contribution in [-0.2, 0) is 0 Å². The summed E-state index contributed by atoms with van der Waals surface area (Å²) in [6, 6.07) is 5.05. The lowest BCUT2D eigenvalue weighted by atomic mass is 10.2. The van der Waals surface area contributed by atoms with Crippen LogP contribution in [-0.4, -0.2) is 18.7 Å². The van der Waals surface area contributed by atoms with Gasteiger partial charge in [0.15, 0.2) is 0 Å². The molecule has 3 heteroatoms. The Hall–Kier alpha value is -1.17. The van der Waals surface area contributed by atoms with Crippen molar-refractivity contribution in [3.63, 3.8) is 0 Å². The number of benzene rings is 1. The van der Waals surface area contributed by atoms with Gasteiger partial charge in [0.05, 0.1) is 5.02 Å². The van der Waals surface area contributed by atoms with Gasteiger partial charge in [-0.25, -0.2) is 0 Å². The van der Waals surface area contributed by atoms with Crippen LogP contribution in [0.15, 0.2) is 18.2 Å². The molecule has 1 aromatic rings. The maximum Gasteiger partial charge on any atom is 0.135 e. The van der Waals surface area contributed by atoms with Gasteiger partial charge in [0, 0.05) is 18.5 Å². The molecule has 0 saturated heterocycles. The Bertz CT molecular complexity index is 365. The first kappa shape index (κ1) is 10.9. The standard InChI is InChI=1S/C11H12ClNO/c1-13-8-3-2-5-9-6-4-7-10(14)11(9)12/h4,6-7,13-14H,3,8H2,1H3. The van der Waals surface area contributed by atoms with Crippen LogP contribution in [0.2, 0.25) is 5.02 Å². The molecule has 0 bridgehead atoms. The van der Waals surface area contributed by atoms with Gasteiger partial charge >= 0.3 is 0 Å². The number of phenols is 1. The van der Waals surface area contributed by atoms with Crippen molar-refractivity contribution in [2.75, 3.05) is 13.6 Å². The van der Waals surface area contributed by atoms with Crippen molar-refractivity contribution < 1.29 is 5.11 Å². The highest BCUT2D eigenvalue weighted by molar-refractivity contribution is 6.33. The van der Waals surface area contributed by atoms with E-state index in [0.29, 0.717) is 10.6 Å². The number of nitrogens with one attached hydrogen (secondary N) is 1. The second-order valence-electron chi connectivity index (χ2n) is 2.79. The van der Waals surface area contributed by atoms with Crippen LogP contribution in [0, 0.1) is 11.8 Å². The summed E-state index contributed by atoms with van der Waals surface area (Å²) in [7, 11) is 1.88. The van der Waals surface area contributed by atoms with Gasteiger partial charge < -0.3 is 10.4 Å². The number of aromatic hydroxyl groups is 1. The third-order valence-corrected chi connectivity index (χ3v) is 2.10. The van der Waals surface area contributed by atoms with Crippen LogP contribution in [0.25, 0.3) is 0 Å². The fraction of sp³-hybridized carbons (Fsp3) is 0.273. The van der Waals surface area contributed by atoms with Crippen molar-refractivity contribution in [3.8, 4) is 17.6 Å². The molecule has 0 atom stereocenters. The first-order valence-corrected chi connectivity index (χ1v) is 4.74. The van der Waals surface area contributed by atoms with Gasteiger partial charge in [0.1, 0.15) is 5.75 Å². The third-order valence-electron chi connectivity index (χ3n) is 1.70. The second kappa shape index (κ2) is 5.54. The summed E-state index contributed by atoms with van der Waals surface area (Å²) in [6.07, 6.45) is 0.766. The third kappa shape index (κ3) is 2.95. The molecule has 2 nitrogen and oxygen atoms in total. The zero-order valence-electron chi connectivity index (χ0n) is 7.97. The lowest BCUT2D eigenvalue weighted by Crippen LogP contribution is -2.05. The van der Waals surface area contributed by atoms with Gasteiger partial charge in [-0.1, -0.05) is 29.5 Å². The van der Waals surface area contributed by atoms with E-state index in [1.807, 2.05) is 7.05 Å². The highest BCUT2D eigenvalue weighted by Crippen LogP contribution is 2.25. The van der Waals surface area contributed by atoms with Crippen LogP contribution in [0.5, 0.6) is 5.75 Å². The fourth-order valence-corrected chi connectivity index (χ4v) is 1.13. The molecule has 2 N–H and O–H groups in total. The molecule has 0 amide bonds. The Balaban J connectivity index is 2.74. The SMILES string of the molecule is CNCCC#Cc1cccc(O)c1Cl. The van der Waals surface area contributed by atoms with E-state index in [-0.39, 0.29) is 5.75 Å². The minimum Gasteiger partial charge on any atom is -0.506 e. The second-order valence-corrected chi connectivity index (χ2v) is 3.17.